The van der Waals surface area contributed by atoms with Crippen LogP contribution in [0.25, 0.3) is 6.08 Å². The standard InChI is InChI=1S/C10H8N2O2/c1-2-7-3-4-8(5-9(7)11)10(14)12-6-13/h2-5H,1,11H2. The molecule has 1 aromatic carbocycles. The van der Waals surface area contributed by atoms with E-state index in [4.69, 9.17) is 5.73 Å². The largest absolute Gasteiger partial charge is 0.398 e. The second kappa shape index (κ2) is 4.16. The second-order valence-corrected chi connectivity index (χ2v) is 2.56. The van der Waals surface area contributed by atoms with E-state index in [1.807, 2.05) is 0 Å². The maximum Gasteiger partial charge on any atom is 0.287 e. The van der Waals surface area contributed by atoms with Crippen molar-refractivity contribution in [3.8, 4) is 0 Å². The fourth-order valence-electron chi connectivity index (χ4n) is 1.000. The Morgan fingerprint density at radius 2 is 2.29 bits per heavy atom. The van der Waals surface area contributed by atoms with Crippen molar-refractivity contribution < 1.29 is 9.59 Å². The van der Waals surface area contributed by atoms with Crippen LogP contribution in [-0.4, -0.2) is 12.0 Å². The molecule has 0 saturated heterocycles. The van der Waals surface area contributed by atoms with Gasteiger partial charge in [-0.2, -0.15) is 0 Å². The summed E-state index contributed by atoms with van der Waals surface area (Å²) in [5.74, 6) is -0.651. The van der Waals surface area contributed by atoms with E-state index in [2.05, 4.69) is 11.6 Å². The summed E-state index contributed by atoms with van der Waals surface area (Å²) in [4.78, 5) is 23.9. The van der Waals surface area contributed by atoms with E-state index in [-0.39, 0.29) is 5.56 Å². The summed E-state index contributed by atoms with van der Waals surface area (Å²) in [7, 11) is 0. The van der Waals surface area contributed by atoms with Crippen LogP contribution in [0.3, 0.4) is 0 Å². The fraction of sp³-hybridized carbons (Fsp3) is 0. The smallest absolute Gasteiger partial charge is 0.287 e. The van der Waals surface area contributed by atoms with E-state index >= 15 is 0 Å². The number of carbonyl (C=O) groups excluding carboxylic acids is 2. The number of nitrogens with two attached hydrogens (primary N) is 1. The van der Waals surface area contributed by atoms with Crippen LogP contribution in [0.1, 0.15) is 15.9 Å². The number of hydrogen-bond acceptors (Lipinski definition) is 3. The molecule has 4 heteroatoms. The monoisotopic (exact) mass is 188 g/mol. The van der Waals surface area contributed by atoms with Gasteiger partial charge < -0.3 is 5.73 Å². The number of anilines is 1. The van der Waals surface area contributed by atoms with Gasteiger partial charge in [0.1, 0.15) is 0 Å². The molecule has 1 aromatic rings. The number of nitrogens with zero attached hydrogens (tertiary/aromatic N) is 1. The molecule has 0 heterocycles. The van der Waals surface area contributed by atoms with Gasteiger partial charge >= 0.3 is 0 Å². The van der Waals surface area contributed by atoms with Gasteiger partial charge in [-0.25, -0.2) is 4.79 Å². The van der Waals surface area contributed by atoms with E-state index in [1.54, 1.807) is 12.1 Å². The Labute approximate surface area is 80.8 Å². The first-order chi connectivity index (χ1) is 6.69. The molecule has 2 N–H and O–H groups in total. The van der Waals surface area contributed by atoms with Crippen molar-refractivity contribution in [1.82, 2.24) is 0 Å². The summed E-state index contributed by atoms with van der Waals surface area (Å²) in [5.41, 5.74) is 7.02. The summed E-state index contributed by atoms with van der Waals surface area (Å²) < 4.78 is 0. The minimum atomic E-state index is -0.651. The molecule has 0 bridgehead atoms. The molecule has 0 saturated carbocycles. The first kappa shape index (κ1) is 9.89. The molecule has 70 valence electrons. The lowest BCUT2D eigenvalue weighted by Crippen LogP contribution is -1.97. The zero-order valence-electron chi connectivity index (χ0n) is 7.36. The van der Waals surface area contributed by atoms with Gasteiger partial charge in [0.25, 0.3) is 5.91 Å². The first-order valence-electron chi connectivity index (χ1n) is 3.83. The van der Waals surface area contributed by atoms with Crippen molar-refractivity contribution in [2.24, 2.45) is 4.99 Å². The fourth-order valence-corrected chi connectivity index (χ4v) is 1.000. The molecule has 4 nitrogen and oxygen atoms in total. The summed E-state index contributed by atoms with van der Waals surface area (Å²) in [5, 5.41) is 0. The summed E-state index contributed by atoms with van der Waals surface area (Å²) in [6, 6.07) is 4.60. The van der Waals surface area contributed by atoms with Crippen LogP contribution in [0, 0.1) is 0 Å². The topological polar surface area (TPSA) is 72.5 Å². The number of carbonyl (C=O) groups is 1. The zero-order chi connectivity index (χ0) is 10.6. The highest BCUT2D eigenvalue weighted by Gasteiger charge is 2.05. The number of hydrogen-bond donors (Lipinski definition) is 1. The minimum Gasteiger partial charge on any atom is -0.398 e. The van der Waals surface area contributed by atoms with Crippen molar-refractivity contribution in [3.05, 3.63) is 35.9 Å². The number of isocyanates is 1. The summed E-state index contributed by atoms with van der Waals surface area (Å²) in [6.45, 7) is 3.55. The van der Waals surface area contributed by atoms with Gasteiger partial charge in [0.15, 0.2) is 0 Å². The average Bonchev–Trinajstić information content (AvgIpc) is 2.18. The SMILES string of the molecule is C=Cc1ccc(C(=O)N=C=O)cc1N. The Balaban J connectivity index is 3.14. The molecule has 0 spiro atoms. The van der Waals surface area contributed by atoms with Gasteiger partial charge in [-0.1, -0.05) is 18.7 Å². The van der Waals surface area contributed by atoms with Gasteiger partial charge in [0.2, 0.25) is 6.08 Å². The molecule has 1 rings (SSSR count). The third-order valence-electron chi connectivity index (χ3n) is 1.70. The van der Waals surface area contributed by atoms with Crippen LogP contribution in [0.5, 0.6) is 0 Å². The number of nitrogen functional groups attached to an aromatic ring is 1. The molecule has 14 heavy (non-hydrogen) atoms. The lowest BCUT2D eigenvalue weighted by atomic mass is 10.1. The molecule has 0 aliphatic heterocycles. The van der Waals surface area contributed by atoms with Crippen molar-refractivity contribution in [1.29, 1.82) is 0 Å². The van der Waals surface area contributed by atoms with Crippen LogP contribution in [0.15, 0.2) is 29.8 Å². The van der Waals surface area contributed by atoms with Crippen molar-refractivity contribution in [2.75, 3.05) is 5.73 Å². The lowest BCUT2D eigenvalue weighted by Gasteiger charge is -2.00. The van der Waals surface area contributed by atoms with E-state index in [0.29, 0.717) is 5.69 Å². The number of rotatable bonds is 2. The van der Waals surface area contributed by atoms with E-state index in [0.717, 1.165) is 5.56 Å². The van der Waals surface area contributed by atoms with Crippen LogP contribution < -0.4 is 5.73 Å². The highest BCUT2D eigenvalue weighted by Crippen LogP contribution is 2.15. The Morgan fingerprint density at radius 3 is 2.79 bits per heavy atom. The third-order valence-corrected chi connectivity index (χ3v) is 1.70. The molecule has 0 aliphatic rings. The van der Waals surface area contributed by atoms with E-state index in [1.165, 1.54) is 18.2 Å². The Kier molecular flexibility index (Phi) is 2.94. The van der Waals surface area contributed by atoms with Gasteiger partial charge in [-0.15, -0.1) is 4.99 Å². The Hall–Kier alpha value is -2.19. The maximum atomic E-state index is 11.1. The highest BCUT2D eigenvalue weighted by atomic mass is 16.2. The van der Waals surface area contributed by atoms with E-state index in [9.17, 15) is 9.59 Å². The van der Waals surface area contributed by atoms with Gasteiger partial charge in [0, 0.05) is 11.3 Å². The molecular formula is C10H8N2O2. The zero-order valence-corrected chi connectivity index (χ0v) is 7.36. The van der Waals surface area contributed by atoms with Crippen molar-refractivity contribution >= 4 is 23.8 Å². The van der Waals surface area contributed by atoms with Crippen molar-refractivity contribution in [3.63, 3.8) is 0 Å². The van der Waals surface area contributed by atoms with Gasteiger partial charge in [-0.05, 0) is 17.7 Å². The van der Waals surface area contributed by atoms with Crippen LogP contribution >= 0.6 is 0 Å². The van der Waals surface area contributed by atoms with Gasteiger partial charge in [0.05, 0.1) is 0 Å². The molecule has 0 fully saturated rings. The summed E-state index contributed by atoms with van der Waals surface area (Å²) >= 11 is 0. The predicted octanol–water partition coefficient (Wildman–Crippen LogP) is 1.39. The first-order valence-corrected chi connectivity index (χ1v) is 3.83. The maximum absolute atomic E-state index is 11.1. The summed E-state index contributed by atoms with van der Waals surface area (Å²) in [6.07, 6.45) is 2.75. The van der Waals surface area contributed by atoms with Crippen LogP contribution in [0.4, 0.5) is 5.69 Å². The highest BCUT2D eigenvalue weighted by molar-refractivity contribution is 5.98. The van der Waals surface area contributed by atoms with Crippen LogP contribution in [0.2, 0.25) is 0 Å². The third kappa shape index (κ3) is 1.94. The molecular weight excluding hydrogens is 180 g/mol. The lowest BCUT2D eigenvalue weighted by molar-refractivity contribution is 0.100. The molecule has 0 atom stereocenters. The normalized spacial score (nSPS) is 8.86. The number of amides is 1. The molecule has 0 aromatic heterocycles. The van der Waals surface area contributed by atoms with Crippen molar-refractivity contribution in [2.45, 2.75) is 0 Å². The molecule has 0 unspecified atom stereocenters. The predicted molar refractivity (Wildman–Crippen MR) is 53.4 cm³/mol. The Bertz CT molecular complexity index is 432. The average molecular weight is 188 g/mol. The molecule has 0 aliphatic carbocycles. The molecule has 1 amide bonds. The van der Waals surface area contributed by atoms with E-state index < -0.39 is 5.91 Å². The van der Waals surface area contributed by atoms with Crippen LogP contribution in [-0.2, 0) is 4.79 Å². The number of aliphatic imine (C=N–C) groups is 1. The minimum absolute atomic E-state index is 0.261. The second-order valence-electron chi connectivity index (χ2n) is 2.56. The molecule has 0 radical (unpaired) electrons. The Morgan fingerprint density at radius 1 is 1.57 bits per heavy atom. The quantitative estimate of drug-likeness (QED) is 0.433. The number of benzene rings is 1. The van der Waals surface area contributed by atoms with Gasteiger partial charge in [-0.3, -0.25) is 4.79 Å².